The molecule has 5 nitrogen and oxygen atoms in total. The van der Waals surface area contributed by atoms with Crippen molar-refractivity contribution in [2.24, 2.45) is 0 Å². The van der Waals surface area contributed by atoms with E-state index in [4.69, 9.17) is 0 Å². The summed E-state index contributed by atoms with van der Waals surface area (Å²) in [4.78, 5) is 16.5. The molecular formula is C15H24Cl2N4O. The van der Waals surface area contributed by atoms with Gasteiger partial charge < -0.3 is 15.2 Å². The molecule has 0 fully saturated rings. The van der Waals surface area contributed by atoms with E-state index in [0.29, 0.717) is 13.0 Å². The molecule has 2 rings (SSSR count). The van der Waals surface area contributed by atoms with Crippen LogP contribution in [0.1, 0.15) is 32.1 Å². The summed E-state index contributed by atoms with van der Waals surface area (Å²) in [6.07, 6.45) is 0.479. The van der Waals surface area contributed by atoms with Gasteiger partial charge in [-0.2, -0.15) is 0 Å². The number of hydrogen-bond acceptors (Lipinski definition) is 3. The molecule has 0 aliphatic heterocycles. The number of aromatic nitrogens is 2. The molecule has 7 heteroatoms. The summed E-state index contributed by atoms with van der Waals surface area (Å²) in [6, 6.07) is 7.96. The molecule has 1 unspecified atom stereocenters. The number of halogens is 2. The maximum absolute atomic E-state index is 11.8. The highest BCUT2D eigenvalue weighted by atomic mass is 35.5. The third kappa shape index (κ3) is 4.60. The Morgan fingerprint density at radius 1 is 1.32 bits per heavy atom. The Kier molecular flexibility index (Phi) is 9.09. The topological polar surface area (TPSA) is 59.0 Å². The van der Waals surface area contributed by atoms with E-state index in [9.17, 15) is 4.79 Å². The van der Waals surface area contributed by atoms with Crippen LogP contribution in [0, 0.1) is 0 Å². The first-order valence-corrected chi connectivity index (χ1v) is 7.06. The lowest BCUT2D eigenvalue weighted by Crippen LogP contribution is -2.30. The molecule has 0 spiro atoms. The van der Waals surface area contributed by atoms with E-state index in [1.165, 1.54) is 0 Å². The average Bonchev–Trinajstić information content (AvgIpc) is 2.83. The fraction of sp³-hybridized carbons (Fsp3) is 0.467. The number of aryl methyl sites for hydroxylation is 1. The first-order valence-electron chi connectivity index (χ1n) is 7.06. The molecule has 0 bridgehead atoms. The molecule has 2 aromatic rings. The highest BCUT2D eigenvalue weighted by Crippen LogP contribution is 2.20. The van der Waals surface area contributed by atoms with Crippen LogP contribution < -0.4 is 10.6 Å². The maximum atomic E-state index is 11.8. The number of nitrogens with zero attached hydrogens (tertiary/aromatic N) is 2. The van der Waals surface area contributed by atoms with Crippen molar-refractivity contribution in [2.45, 2.75) is 32.9 Å². The van der Waals surface area contributed by atoms with Crippen LogP contribution in [-0.4, -0.2) is 29.1 Å². The van der Waals surface area contributed by atoms with Crippen molar-refractivity contribution in [1.82, 2.24) is 20.2 Å². The summed E-state index contributed by atoms with van der Waals surface area (Å²) in [5.74, 6) is 0.952. The number of benzene rings is 1. The Labute approximate surface area is 143 Å². The van der Waals surface area contributed by atoms with E-state index >= 15 is 0 Å². The Hall–Kier alpha value is -1.30. The monoisotopic (exact) mass is 346 g/mol. The van der Waals surface area contributed by atoms with E-state index in [1.807, 2.05) is 32.2 Å². The van der Waals surface area contributed by atoms with Crippen LogP contribution in [0.25, 0.3) is 11.0 Å². The number of imidazole rings is 1. The van der Waals surface area contributed by atoms with Crippen LogP contribution in [0.5, 0.6) is 0 Å². The zero-order valence-electron chi connectivity index (χ0n) is 13.1. The molecule has 0 aliphatic rings. The lowest BCUT2D eigenvalue weighted by Gasteiger charge is -2.15. The van der Waals surface area contributed by atoms with Crippen LogP contribution in [0.3, 0.4) is 0 Å². The summed E-state index contributed by atoms with van der Waals surface area (Å²) in [5.41, 5.74) is 2.09. The first-order chi connectivity index (χ1) is 9.67. The number of fused-ring (bicyclic) bond motifs is 1. The smallest absolute Gasteiger partial charge is 0.221 e. The van der Waals surface area contributed by atoms with Crippen molar-refractivity contribution in [3.05, 3.63) is 30.1 Å². The largest absolute Gasteiger partial charge is 0.346 e. The molecule has 1 amide bonds. The minimum absolute atomic E-state index is 0. The molecule has 1 heterocycles. The number of carbonyl (C=O) groups is 1. The predicted octanol–water partition coefficient (Wildman–Crippen LogP) is 2.69. The van der Waals surface area contributed by atoms with Gasteiger partial charge in [-0.15, -0.1) is 24.8 Å². The van der Waals surface area contributed by atoms with E-state index < -0.39 is 0 Å². The van der Waals surface area contributed by atoms with E-state index in [1.54, 1.807) is 0 Å². The molecular weight excluding hydrogens is 323 g/mol. The second kappa shape index (κ2) is 9.66. The first kappa shape index (κ1) is 20.7. The van der Waals surface area contributed by atoms with Crippen molar-refractivity contribution < 1.29 is 4.79 Å². The summed E-state index contributed by atoms with van der Waals surface area (Å²) < 4.78 is 2.15. The van der Waals surface area contributed by atoms with Crippen LogP contribution in [0.15, 0.2) is 24.3 Å². The number of rotatable bonds is 6. The Bertz CT molecular complexity index is 600. The number of hydrogen-bond donors (Lipinski definition) is 2. The fourth-order valence-electron chi connectivity index (χ4n) is 2.37. The highest BCUT2D eigenvalue weighted by Gasteiger charge is 2.17. The summed E-state index contributed by atoms with van der Waals surface area (Å²) >= 11 is 0. The Morgan fingerprint density at radius 2 is 2.00 bits per heavy atom. The van der Waals surface area contributed by atoms with Crippen molar-refractivity contribution in [3.63, 3.8) is 0 Å². The Balaban J connectivity index is 0.00000220. The summed E-state index contributed by atoms with van der Waals surface area (Å²) in [6.45, 7) is 5.59. The molecule has 1 aromatic carbocycles. The van der Waals surface area contributed by atoms with Gasteiger partial charge in [-0.1, -0.05) is 12.1 Å². The fourth-order valence-corrected chi connectivity index (χ4v) is 2.37. The van der Waals surface area contributed by atoms with Gasteiger partial charge in [0.25, 0.3) is 0 Å². The molecule has 0 aliphatic carbocycles. The number of carbonyl (C=O) groups excluding carboxylic acids is 1. The molecule has 22 heavy (non-hydrogen) atoms. The van der Waals surface area contributed by atoms with Crippen molar-refractivity contribution in [3.8, 4) is 0 Å². The lowest BCUT2D eigenvalue weighted by molar-refractivity contribution is -0.121. The van der Waals surface area contributed by atoms with Gasteiger partial charge in [0, 0.05) is 19.5 Å². The quantitative estimate of drug-likeness (QED) is 0.845. The van der Waals surface area contributed by atoms with E-state index in [-0.39, 0.29) is 36.8 Å². The molecule has 1 aromatic heterocycles. The molecule has 1 atom stereocenters. The summed E-state index contributed by atoms with van der Waals surface area (Å²) in [5, 5.41) is 5.98. The number of nitrogens with one attached hydrogen (secondary N) is 2. The third-order valence-corrected chi connectivity index (χ3v) is 3.37. The average molecular weight is 347 g/mol. The van der Waals surface area contributed by atoms with Crippen LogP contribution in [0.4, 0.5) is 0 Å². The highest BCUT2D eigenvalue weighted by molar-refractivity contribution is 5.85. The van der Waals surface area contributed by atoms with E-state index in [0.717, 1.165) is 23.4 Å². The standard InChI is InChI=1S/C15H22N4O.2ClH/c1-4-19-13-8-6-5-7-12(13)18-15(19)11(2)17-14(20)9-10-16-3;;/h5-8,11,16H,4,9-10H2,1-3H3,(H,17,20);2*1H. The zero-order valence-corrected chi connectivity index (χ0v) is 14.8. The van der Waals surface area contributed by atoms with Gasteiger partial charge in [0.2, 0.25) is 5.91 Å². The summed E-state index contributed by atoms with van der Waals surface area (Å²) in [7, 11) is 1.84. The van der Waals surface area contributed by atoms with Gasteiger partial charge in [0.1, 0.15) is 5.82 Å². The Morgan fingerprint density at radius 3 is 2.64 bits per heavy atom. The van der Waals surface area contributed by atoms with Crippen molar-refractivity contribution in [2.75, 3.05) is 13.6 Å². The van der Waals surface area contributed by atoms with Crippen molar-refractivity contribution in [1.29, 1.82) is 0 Å². The van der Waals surface area contributed by atoms with Gasteiger partial charge in [-0.3, -0.25) is 4.79 Å². The van der Waals surface area contributed by atoms with Gasteiger partial charge in [-0.25, -0.2) is 4.98 Å². The van der Waals surface area contributed by atoms with Crippen LogP contribution in [0.2, 0.25) is 0 Å². The van der Waals surface area contributed by atoms with Gasteiger partial charge in [0.15, 0.2) is 0 Å². The minimum Gasteiger partial charge on any atom is -0.346 e. The third-order valence-electron chi connectivity index (χ3n) is 3.37. The second-order valence-electron chi connectivity index (χ2n) is 4.85. The zero-order chi connectivity index (χ0) is 14.5. The lowest BCUT2D eigenvalue weighted by atomic mass is 10.3. The van der Waals surface area contributed by atoms with E-state index in [2.05, 4.69) is 33.2 Å². The molecule has 2 N–H and O–H groups in total. The molecule has 0 saturated carbocycles. The number of amides is 1. The second-order valence-corrected chi connectivity index (χ2v) is 4.85. The maximum Gasteiger partial charge on any atom is 0.221 e. The van der Waals surface area contributed by atoms with Gasteiger partial charge >= 0.3 is 0 Å². The molecule has 124 valence electrons. The molecule has 0 radical (unpaired) electrons. The van der Waals surface area contributed by atoms with Gasteiger partial charge in [0.05, 0.1) is 17.1 Å². The predicted molar refractivity (Wildman–Crippen MR) is 95.0 cm³/mol. The molecule has 0 saturated heterocycles. The minimum atomic E-state index is -0.0910. The van der Waals surface area contributed by atoms with Gasteiger partial charge in [-0.05, 0) is 33.0 Å². The number of para-hydroxylation sites is 2. The van der Waals surface area contributed by atoms with Crippen LogP contribution >= 0.6 is 24.8 Å². The SMILES string of the molecule is CCn1c(C(C)NC(=O)CCNC)nc2ccccc21.Cl.Cl. The van der Waals surface area contributed by atoms with Crippen molar-refractivity contribution >= 4 is 41.8 Å². The normalized spacial score (nSPS) is 11.4. The van der Waals surface area contributed by atoms with Crippen LogP contribution in [-0.2, 0) is 11.3 Å².